The second-order valence-electron chi connectivity index (χ2n) is 3.26. The standard InChI is InChI=1S/C10H6ClF3N2S/c11-7-2-1-5(3-6(7)10(12,13)14)8-4-17-9(15)16-8/h1-4H,(H2,15,16). The quantitative estimate of drug-likeness (QED) is 0.854. The minimum absolute atomic E-state index is 0.309. The van der Waals surface area contributed by atoms with E-state index in [1.165, 1.54) is 23.5 Å². The van der Waals surface area contributed by atoms with Crippen LogP contribution in [0.1, 0.15) is 5.56 Å². The highest BCUT2D eigenvalue weighted by Gasteiger charge is 2.33. The van der Waals surface area contributed by atoms with E-state index in [1.807, 2.05) is 0 Å². The van der Waals surface area contributed by atoms with Crippen LogP contribution >= 0.6 is 22.9 Å². The normalized spacial score (nSPS) is 11.8. The van der Waals surface area contributed by atoms with E-state index in [2.05, 4.69) is 4.98 Å². The molecule has 0 saturated heterocycles. The Balaban J connectivity index is 2.51. The molecule has 2 N–H and O–H groups in total. The molecule has 2 nitrogen and oxygen atoms in total. The number of nitrogens with two attached hydrogens (primary N) is 1. The molecule has 1 heterocycles. The molecule has 0 saturated carbocycles. The van der Waals surface area contributed by atoms with E-state index >= 15 is 0 Å². The molecule has 2 aromatic rings. The predicted octanol–water partition coefficient (Wildman–Crippen LogP) is 4.06. The number of anilines is 1. The Kier molecular flexibility index (Phi) is 3.01. The molecule has 1 aromatic carbocycles. The van der Waals surface area contributed by atoms with Gasteiger partial charge in [-0.15, -0.1) is 11.3 Å². The lowest BCUT2D eigenvalue weighted by molar-refractivity contribution is -0.137. The number of aromatic nitrogens is 1. The summed E-state index contributed by atoms with van der Waals surface area (Å²) in [4.78, 5) is 3.92. The largest absolute Gasteiger partial charge is 0.417 e. The molecule has 17 heavy (non-hydrogen) atoms. The van der Waals surface area contributed by atoms with Crippen molar-refractivity contribution in [1.82, 2.24) is 4.98 Å². The summed E-state index contributed by atoms with van der Waals surface area (Å²) in [5.41, 5.74) is 5.31. The lowest BCUT2D eigenvalue weighted by Gasteiger charge is -2.09. The third-order valence-electron chi connectivity index (χ3n) is 2.09. The number of alkyl halides is 3. The van der Waals surface area contributed by atoms with Crippen molar-refractivity contribution in [3.05, 3.63) is 34.2 Å². The summed E-state index contributed by atoms with van der Waals surface area (Å²) in [5, 5.41) is 1.58. The summed E-state index contributed by atoms with van der Waals surface area (Å²) in [6, 6.07) is 3.65. The monoisotopic (exact) mass is 278 g/mol. The number of halogens is 4. The van der Waals surface area contributed by atoms with Gasteiger partial charge in [0.15, 0.2) is 5.13 Å². The summed E-state index contributed by atoms with van der Waals surface area (Å²) in [6.45, 7) is 0. The molecule has 0 amide bonds. The first kappa shape index (κ1) is 12.2. The fourth-order valence-electron chi connectivity index (χ4n) is 1.32. The van der Waals surface area contributed by atoms with Crippen LogP contribution in [-0.2, 0) is 6.18 Å². The van der Waals surface area contributed by atoms with E-state index in [9.17, 15) is 13.2 Å². The van der Waals surface area contributed by atoms with Gasteiger partial charge in [-0.3, -0.25) is 0 Å². The van der Waals surface area contributed by atoms with Crippen LogP contribution in [0.5, 0.6) is 0 Å². The molecule has 0 radical (unpaired) electrons. The Morgan fingerprint density at radius 1 is 1.29 bits per heavy atom. The minimum atomic E-state index is -4.48. The average Bonchev–Trinajstić information content (AvgIpc) is 2.64. The van der Waals surface area contributed by atoms with Crippen LogP contribution in [0.25, 0.3) is 11.3 Å². The molecule has 0 fully saturated rings. The Hall–Kier alpha value is -1.27. The van der Waals surface area contributed by atoms with Gasteiger partial charge in [-0.2, -0.15) is 13.2 Å². The van der Waals surface area contributed by atoms with Crippen molar-refractivity contribution in [2.45, 2.75) is 6.18 Å². The van der Waals surface area contributed by atoms with E-state index < -0.39 is 11.7 Å². The fraction of sp³-hybridized carbons (Fsp3) is 0.100. The minimum Gasteiger partial charge on any atom is -0.375 e. The van der Waals surface area contributed by atoms with Gasteiger partial charge in [-0.25, -0.2) is 4.98 Å². The van der Waals surface area contributed by atoms with Gasteiger partial charge in [-0.05, 0) is 12.1 Å². The van der Waals surface area contributed by atoms with Crippen molar-refractivity contribution in [3.63, 3.8) is 0 Å². The number of rotatable bonds is 1. The predicted molar refractivity (Wildman–Crippen MR) is 62.0 cm³/mol. The van der Waals surface area contributed by atoms with Gasteiger partial charge in [0.2, 0.25) is 0 Å². The molecular weight excluding hydrogens is 273 g/mol. The van der Waals surface area contributed by atoms with E-state index in [-0.39, 0.29) is 5.02 Å². The highest BCUT2D eigenvalue weighted by atomic mass is 35.5. The van der Waals surface area contributed by atoms with Crippen molar-refractivity contribution in [2.24, 2.45) is 0 Å². The molecule has 0 aliphatic rings. The average molecular weight is 279 g/mol. The Bertz CT molecular complexity index is 551. The second-order valence-corrected chi connectivity index (χ2v) is 4.56. The first-order valence-electron chi connectivity index (χ1n) is 4.46. The van der Waals surface area contributed by atoms with Crippen LogP contribution in [0, 0.1) is 0 Å². The van der Waals surface area contributed by atoms with Gasteiger partial charge < -0.3 is 5.73 Å². The Morgan fingerprint density at radius 3 is 2.53 bits per heavy atom. The Labute approximate surface area is 104 Å². The topological polar surface area (TPSA) is 38.9 Å². The third-order valence-corrected chi connectivity index (χ3v) is 3.09. The summed E-state index contributed by atoms with van der Waals surface area (Å²) >= 11 is 6.68. The van der Waals surface area contributed by atoms with Crippen LogP contribution in [0.3, 0.4) is 0 Å². The number of thiazole rings is 1. The fourth-order valence-corrected chi connectivity index (χ4v) is 2.12. The van der Waals surface area contributed by atoms with Crippen LogP contribution in [0.15, 0.2) is 23.6 Å². The lowest BCUT2D eigenvalue weighted by atomic mass is 10.1. The number of hydrogen-bond acceptors (Lipinski definition) is 3. The maximum atomic E-state index is 12.6. The lowest BCUT2D eigenvalue weighted by Crippen LogP contribution is -2.05. The van der Waals surface area contributed by atoms with Crippen LogP contribution in [0.4, 0.5) is 18.3 Å². The zero-order chi connectivity index (χ0) is 12.6. The zero-order valence-electron chi connectivity index (χ0n) is 8.25. The molecule has 0 bridgehead atoms. The summed E-state index contributed by atoms with van der Waals surface area (Å²) in [6.07, 6.45) is -4.48. The van der Waals surface area contributed by atoms with E-state index in [0.717, 1.165) is 6.07 Å². The smallest absolute Gasteiger partial charge is 0.375 e. The maximum absolute atomic E-state index is 12.6. The maximum Gasteiger partial charge on any atom is 0.417 e. The van der Waals surface area contributed by atoms with Gasteiger partial charge in [0.05, 0.1) is 16.3 Å². The third kappa shape index (κ3) is 2.53. The summed E-state index contributed by atoms with van der Waals surface area (Å²) in [5.74, 6) is 0. The Morgan fingerprint density at radius 2 is 2.00 bits per heavy atom. The molecule has 0 aliphatic carbocycles. The summed E-state index contributed by atoms with van der Waals surface area (Å²) in [7, 11) is 0. The van der Waals surface area contributed by atoms with Crippen molar-refractivity contribution >= 4 is 28.1 Å². The van der Waals surface area contributed by atoms with Crippen molar-refractivity contribution in [2.75, 3.05) is 5.73 Å². The molecular formula is C10H6ClF3N2S. The van der Waals surface area contributed by atoms with Crippen molar-refractivity contribution in [1.29, 1.82) is 0 Å². The highest BCUT2D eigenvalue weighted by Crippen LogP contribution is 2.37. The zero-order valence-corrected chi connectivity index (χ0v) is 9.83. The molecule has 0 spiro atoms. The molecule has 90 valence electrons. The van der Waals surface area contributed by atoms with Gasteiger partial charge in [0, 0.05) is 10.9 Å². The van der Waals surface area contributed by atoms with Crippen LogP contribution < -0.4 is 5.73 Å². The van der Waals surface area contributed by atoms with Crippen molar-refractivity contribution < 1.29 is 13.2 Å². The number of hydrogen-bond donors (Lipinski definition) is 1. The molecule has 1 aromatic heterocycles. The van der Waals surface area contributed by atoms with Gasteiger partial charge in [-0.1, -0.05) is 17.7 Å². The van der Waals surface area contributed by atoms with Gasteiger partial charge in [0.1, 0.15) is 0 Å². The first-order valence-corrected chi connectivity index (χ1v) is 5.72. The number of nitrogen functional groups attached to an aromatic ring is 1. The van der Waals surface area contributed by atoms with E-state index in [0.29, 0.717) is 16.4 Å². The molecule has 2 rings (SSSR count). The van der Waals surface area contributed by atoms with Crippen LogP contribution in [0.2, 0.25) is 5.02 Å². The van der Waals surface area contributed by atoms with E-state index in [1.54, 1.807) is 5.38 Å². The SMILES string of the molecule is Nc1nc(-c2ccc(Cl)c(C(F)(F)F)c2)cs1. The van der Waals surface area contributed by atoms with Crippen LogP contribution in [-0.4, -0.2) is 4.98 Å². The second kappa shape index (κ2) is 4.19. The number of nitrogens with zero attached hydrogens (tertiary/aromatic N) is 1. The first-order chi connectivity index (χ1) is 7.88. The summed E-state index contributed by atoms with van der Waals surface area (Å²) < 4.78 is 37.9. The molecule has 0 unspecified atom stereocenters. The molecule has 0 atom stereocenters. The van der Waals surface area contributed by atoms with Gasteiger partial charge >= 0.3 is 6.18 Å². The highest BCUT2D eigenvalue weighted by molar-refractivity contribution is 7.13. The number of benzene rings is 1. The molecule has 0 aliphatic heterocycles. The van der Waals surface area contributed by atoms with Gasteiger partial charge in [0.25, 0.3) is 0 Å². The molecule has 7 heteroatoms. The van der Waals surface area contributed by atoms with Crippen molar-refractivity contribution in [3.8, 4) is 11.3 Å². The van der Waals surface area contributed by atoms with E-state index in [4.69, 9.17) is 17.3 Å².